The van der Waals surface area contributed by atoms with E-state index in [1.54, 1.807) is 5.56 Å². The van der Waals surface area contributed by atoms with Gasteiger partial charge in [-0.05, 0) is 55.3 Å². The van der Waals surface area contributed by atoms with Crippen molar-refractivity contribution in [3.05, 3.63) is 29.8 Å². The highest BCUT2D eigenvalue weighted by Crippen LogP contribution is 2.83. The van der Waals surface area contributed by atoms with Crippen LogP contribution in [0.25, 0.3) is 0 Å². The number of piperidine rings is 2. The summed E-state index contributed by atoms with van der Waals surface area (Å²) < 4.78 is 0. The number of benzene rings is 1. The lowest BCUT2D eigenvalue weighted by molar-refractivity contribution is 0.338. The van der Waals surface area contributed by atoms with Crippen molar-refractivity contribution in [1.82, 2.24) is 4.90 Å². The third kappa shape index (κ3) is 1.29. The first-order chi connectivity index (χ1) is 9.86. The molecule has 2 bridgehead atoms. The van der Waals surface area contributed by atoms with E-state index in [9.17, 15) is 0 Å². The fraction of sp³-hybridized carbons (Fsp3) is 0.667. The summed E-state index contributed by atoms with van der Waals surface area (Å²) in [5.41, 5.74) is 3.66. The molecule has 3 heterocycles. The molecule has 2 nitrogen and oxygen atoms in total. The van der Waals surface area contributed by atoms with E-state index in [2.05, 4.69) is 41.0 Å². The van der Waals surface area contributed by atoms with Crippen LogP contribution in [0, 0.1) is 11.8 Å². The zero-order valence-corrected chi connectivity index (χ0v) is 12.4. The van der Waals surface area contributed by atoms with Gasteiger partial charge in [-0.1, -0.05) is 19.1 Å². The summed E-state index contributed by atoms with van der Waals surface area (Å²) in [6, 6.07) is 10.6. The van der Waals surface area contributed by atoms with E-state index >= 15 is 0 Å². The smallest absolute Gasteiger partial charge is 0.0366 e. The zero-order valence-electron chi connectivity index (χ0n) is 12.4. The van der Waals surface area contributed by atoms with Crippen molar-refractivity contribution in [3.8, 4) is 0 Å². The third-order valence-corrected chi connectivity index (χ3v) is 6.48. The van der Waals surface area contributed by atoms with Gasteiger partial charge in [0, 0.05) is 36.8 Å². The number of hydrogen-bond donors (Lipinski definition) is 0. The Hall–Kier alpha value is -1.02. The summed E-state index contributed by atoms with van der Waals surface area (Å²) in [6.07, 6.45) is 4.14. The van der Waals surface area contributed by atoms with Crippen LogP contribution >= 0.6 is 0 Å². The molecule has 3 aliphatic heterocycles. The van der Waals surface area contributed by atoms with Crippen molar-refractivity contribution in [3.63, 3.8) is 0 Å². The first-order valence-electron chi connectivity index (χ1n) is 8.46. The van der Waals surface area contributed by atoms with Gasteiger partial charge in [-0.25, -0.2) is 0 Å². The van der Waals surface area contributed by atoms with Crippen molar-refractivity contribution < 1.29 is 0 Å². The molecule has 0 N–H and O–H groups in total. The summed E-state index contributed by atoms with van der Waals surface area (Å²) in [5, 5.41) is 0. The van der Waals surface area contributed by atoms with Crippen molar-refractivity contribution in [2.24, 2.45) is 11.8 Å². The number of rotatable bonds is 3. The Morgan fingerprint density at radius 3 is 2.35 bits per heavy atom. The molecule has 6 rings (SSSR count). The molecule has 2 heteroatoms. The Kier molecular flexibility index (Phi) is 2.20. The van der Waals surface area contributed by atoms with Crippen molar-refractivity contribution in [1.29, 1.82) is 0 Å². The zero-order chi connectivity index (χ0) is 13.3. The van der Waals surface area contributed by atoms with Gasteiger partial charge in [0.05, 0.1) is 0 Å². The SMILES string of the molecule is CCN1CC2(c3ccc(N4CCCCC4)cc3)C3C1C32. The molecule has 106 valence electrons. The summed E-state index contributed by atoms with van der Waals surface area (Å²) >= 11 is 0. The average molecular weight is 268 g/mol. The van der Waals surface area contributed by atoms with Crippen molar-refractivity contribution in [2.45, 2.75) is 37.6 Å². The highest BCUT2D eigenvalue weighted by molar-refractivity contribution is 5.57. The van der Waals surface area contributed by atoms with Gasteiger partial charge in [-0.3, -0.25) is 4.90 Å². The molecule has 1 aromatic carbocycles. The van der Waals surface area contributed by atoms with Gasteiger partial charge in [0.2, 0.25) is 0 Å². The Bertz CT molecular complexity index is 519. The molecule has 2 unspecified atom stereocenters. The molecule has 2 aliphatic carbocycles. The lowest BCUT2D eigenvalue weighted by Crippen LogP contribution is -2.29. The maximum atomic E-state index is 2.70. The maximum absolute atomic E-state index is 2.70. The van der Waals surface area contributed by atoms with Crippen LogP contribution in [0.2, 0.25) is 0 Å². The van der Waals surface area contributed by atoms with Gasteiger partial charge in [-0.15, -0.1) is 0 Å². The molecule has 0 radical (unpaired) electrons. The van der Waals surface area contributed by atoms with E-state index < -0.39 is 0 Å². The summed E-state index contributed by atoms with van der Waals surface area (Å²) in [4.78, 5) is 5.27. The van der Waals surface area contributed by atoms with Crippen LogP contribution in [0.1, 0.15) is 31.7 Å². The maximum Gasteiger partial charge on any atom is 0.0366 e. The standard InChI is InChI=1S/C18H24N2/c1-2-19-12-18(15-16(18)17(15)19)13-6-8-14(9-7-13)20-10-4-3-5-11-20/h6-9,15-17H,2-5,10-12H2,1H3. The van der Waals surface area contributed by atoms with Crippen LogP contribution in [0.3, 0.4) is 0 Å². The largest absolute Gasteiger partial charge is 0.372 e. The highest BCUT2D eigenvalue weighted by Gasteiger charge is 2.89. The van der Waals surface area contributed by atoms with Crippen LogP contribution in [-0.4, -0.2) is 37.1 Å². The quantitative estimate of drug-likeness (QED) is 0.832. The fourth-order valence-corrected chi connectivity index (χ4v) is 5.33. The van der Waals surface area contributed by atoms with Gasteiger partial charge in [0.25, 0.3) is 0 Å². The number of likely N-dealkylation sites (N-methyl/N-ethyl adjacent to an activating group) is 1. The van der Waals surface area contributed by atoms with Gasteiger partial charge >= 0.3 is 0 Å². The minimum atomic E-state index is 0.584. The van der Waals surface area contributed by atoms with Gasteiger partial charge < -0.3 is 4.90 Å². The van der Waals surface area contributed by atoms with Crippen molar-refractivity contribution in [2.75, 3.05) is 31.1 Å². The molecule has 20 heavy (non-hydrogen) atoms. The summed E-state index contributed by atoms with van der Waals surface area (Å²) in [5.74, 6) is 2.03. The molecule has 5 aliphatic rings. The minimum Gasteiger partial charge on any atom is -0.372 e. The Morgan fingerprint density at radius 1 is 1.05 bits per heavy atom. The number of anilines is 1. The Morgan fingerprint density at radius 2 is 1.75 bits per heavy atom. The molecule has 2 atom stereocenters. The number of fused-ring (bicyclic) bond motifs is 1. The Labute approximate surface area is 121 Å². The monoisotopic (exact) mass is 268 g/mol. The molecule has 3 saturated heterocycles. The van der Waals surface area contributed by atoms with E-state index in [1.807, 2.05) is 0 Å². The average Bonchev–Trinajstić information content (AvgIpc) is 3.35. The Balaban J connectivity index is 1.37. The van der Waals surface area contributed by atoms with Crippen LogP contribution in [-0.2, 0) is 5.41 Å². The van der Waals surface area contributed by atoms with Crippen LogP contribution in [0.15, 0.2) is 24.3 Å². The van der Waals surface area contributed by atoms with E-state index in [4.69, 9.17) is 0 Å². The van der Waals surface area contributed by atoms with Gasteiger partial charge in [0.15, 0.2) is 0 Å². The molecule has 0 spiro atoms. The van der Waals surface area contributed by atoms with E-state index in [0.717, 1.165) is 17.9 Å². The minimum absolute atomic E-state index is 0.584. The van der Waals surface area contributed by atoms with E-state index in [1.165, 1.54) is 51.1 Å². The molecule has 0 amide bonds. The van der Waals surface area contributed by atoms with Crippen molar-refractivity contribution >= 4 is 5.69 Å². The van der Waals surface area contributed by atoms with Crippen LogP contribution < -0.4 is 4.90 Å². The number of hydrogen-bond acceptors (Lipinski definition) is 2. The molecule has 2 saturated carbocycles. The van der Waals surface area contributed by atoms with Crippen LogP contribution in [0.4, 0.5) is 5.69 Å². The summed E-state index contributed by atoms with van der Waals surface area (Å²) in [6.45, 7) is 7.38. The first kappa shape index (κ1) is 11.6. The van der Waals surface area contributed by atoms with Crippen LogP contribution in [0.5, 0.6) is 0 Å². The molecular weight excluding hydrogens is 244 g/mol. The van der Waals surface area contributed by atoms with E-state index in [0.29, 0.717) is 5.41 Å². The van der Waals surface area contributed by atoms with Gasteiger partial charge in [0.1, 0.15) is 0 Å². The molecule has 0 aromatic heterocycles. The lowest BCUT2D eigenvalue weighted by Gasteiger charge is -2.29. The predicted octanol–water partition coefficient (Wildman–Crippen LogP) is 2.88. The second kappa shape index (κ2) is 3.79. The fourth-order valence-electron chi connectivity index (χ4n) is 5.33. The van der Waals surface area contributed by atoms with E-state index in [-0.39, 0.29) is 0 Å². The molecule has 1 aromatic rings. The summed E-state index contributed by atoms with van der Waals surface area (Å²) in [7, 11) is 0. The second-order valence-electron chi connectivity index (χ2n) is 7.24. The molecular formula is C18H24N2. The third-order valence-electron chi connectivity index (χ3n) is 6.48. The normalized spacial score (nSPS) is 41.6. The molecule has 5 fully saturated rings. The topological polar surface area (TPSA) is 6.48 Å². The highest BCUT2D eigenvalue weighted by atomic mass is 15.3. The van der Waals surface area contributed by atoms with Gasteiger partial charge in [-0.2, -0.15) is 0 Å². The lowest BCUT2D eigenvalue weighted by atomic mass is 9.88. The first-order valence-corrected chi connectivity index (χ1v) is 8.46. The second-order valence-corrected chi connectivity index (χ2v) is 7.24. The number of nitrogens with zero attached hydrogens (tertiary/aromatic N) is 2. The predicted molar refractivity (Wildman–Crippen MR) is 82.2 cm³/mol.